The Kier molecular flexibility index (Phi) is 6.29. The summed E-state index contributed by atoms with van der Waals surface area (Å²) in [5, 5.41) is 22.1. The Bertz CT molecular complexity index is 872. The maximum Gasteiger partial charge on any atom is 0.524 e. The summed E-state index contributed by atoms with van der Waals surface area (Å²) in [6.07, 6.45) is -0.102. The van der Waals surface area contributed by atoms with Crippen LogP contribution in [0.25, 0.3) is 6.08 Å². The van der Waals surface area contributed by atoms with E-state index in [-0.39, 0.29) is 42.5 Å². The highest BCUT2D eigenvalue weighted by Crippen LogP contribution is 2.52. The van der Waals surface area contributed by atoms with E-state index in [1.807, 2.05) is 0 Å². The summed E-state index contributed by atoms with van der Waals surface area (Å²) in [4.78, 5) is 36.4. The number of nitrogens with zero attached hydrogens (tertiary/aromatic N) is 2. The fourth-order valence-corrected chi connectivity index (χ4v) is 3.50. The van der Waals surface area contributed by atoms with Crippen LogP contribution in [0.3, 0.4) is 0 Å². The maximum atomic E-state index is 12.7. The fraction of sp³-hybridized carbons (Fsp3) is 0.474. The first-order valence-corrected chi connectivity index (χ1v) is 8.99. The highest BCUT2D eigenvalue weighted by atomic mass is 16.6. The van der Waals surface area contributed by atoms with Gasteiger partial charge in [-0.05, 0) is 33.8 Å². The molecule has 1 unspecified atom stereocenters. The number of methoxy groups -OCH3 is 1. The van der Waals surface area contributed by atoms with Crippen LogP contribution in [0.15, 0.2) is 17.8 Å². The van der Waals surface area contributed by atoms with Gasteiger partial charge in [-0.15, -0.1) is 4.48 Å². The number of benzene rings is 1. The number of carboxylic acid groups (broad SMARTS) is 1. The Morgan fingerprint density at radius 2 is 1.90 bits per heavy atom. The lowest BCUT2D eigenvalue weighted by Gasteiger charge is -2.40. The zero-order valence-electron chi connectivity index (χ0n) is 17.1. The van der Waals surface area contributed by atoms with E-state index in [4.69, 9.17) is 14.2 Å². The summed E-state index contributed by atoms with van der Waals surface area (Å²) in [6.45, 7) is 6.83. The average Bonchev–Trinajstić information content (AvgIpc) is 2.97. The predicted molar refractivity (Wildman–Crippen MR) is 105 cm³/mol. The van der Waals surface area contributed by atoms with E-state index in [0.29, 0.717) is 0 Å². The van der Waals surface area contributed by atoms with Gasteiger partial charge in [-0.3, -0.25) is 10.1 Å². The number of hydrogen-bond acceptors (Lipinski definition) is 7. The number of esters is 1. The molecule has 1 aromatic carbocycles. The molecule has 1 heterocycles. The van der Waals surface area contributed by atoms with E-state index >= 15 is 0 Å². The predicted octanol–water partition coefficient (Wildman–Crippen LogP) is 3.32. The SMILES string of the molecule is CCOC(=O)C1=Cc2cc(OCCOC)cc([N+](=O)[O-])c2[N+]1(C(=O)O)C(C)(C)C. The van der Waals surface area contributed by atoms with Gasteiger partial charge in [0, 0.05) is 13.2 Å². The molecule has 0 aliphatic carbocycles. The van der Waals surface area contributed by atoms with Crippen molar-refractivity contribution < 1.29 is 33.8 Å². The van der Waals surface area contributed by atoms with Crippen molar-refractivity contribution in [2.24, 2.45) is 0 Å². The highest BCUT2D eigenvalue weighted by Gasteiger charge is 2.63. The van der Waals surface area contributed by atoms with Crippen LogP contribution >= 0.6 is 0 Å². The van der Waals surface area contributed by atoms with E-state index in [0.717, 1.165) is 6.07 Å². The van der Waals surface area contributed by atoms with Gasteiger partial charge in [0.25, 0.3) is 0 Å². The van der Waals surface area contributed by atoms with Crippen molar-refractivity contribution in [3.63, 3.8) is 0 Å². The first kappa shape index (κ1) is 22.3. The van der Waals surface area contributed by atoms with Crippen molar-refractivity contribution in [3.05, 3.63) is 33.5 Å². The first-order valence-electron chi connectivity index (χ1n) is 8.99. The van der Waals surface area contributed by atoms with Gasteiger partial charge in [0.15, 0.2) is 0 Å². The monoisotopic (exact) mass is 409 g/mol. The van der Waals surface area contributed by atoms with Crippen molar-refractivity contribution in [2.45, 2.75) is 33.2 Å². The van der Waals surface area contributed by atoms with E-state index in [9.17, 15) is 24.8 Å². The minimum Gasteiger partial charge on any atom is -0.491 e. The lowest BCUT2D eigenvalue weighted by molar-refractivity contribution is -0.384. The van der Waals surface area contributed by atoms with E-state index < -0.39 is 32.7 Å². The number of hydrogen-bond donors (Lipinski definition) is 1. The molecule has 0 bridgehead atoms. The van der Waals surface area contributed by atoms with Gasteiger partial charge in [-0.2, -0.15) is 4.79 Å². The molecule has 1 amide bonds. The molecule has 29 heavy (non-hydrogen) atoms. The second-order valence-electron chi connectivity index (χ2n) is 7.35. The molecule has 1 aliphatic rings. The molecule has 0 aromatic heterocycles. The molecule has 10 nitrogen and oxygen atoms in total. The number of fused-ring (bicyclic) bond motifs is 1. The number of rotatable bonds is 7. The van der Waals surface area contributed by atoms with Crippen molar-refractivity contribution in [1.82, 2.24) is 4.48 Å². The summed E-state index contributed by atoms with van der Waals surface area (Å²) in [6, 6.07) is 2.64. The van der Waals surface area contributed by atoms with Crippen molar-refractivity contribution in [1.29, 1.82) is 0 Å². The summed E-state index contributed by atoms with van der Waals surface area (Å²) >= 11 is 0. The Balaban J connectivity index is 2.83. The molecule has 1 N–H and O–H groups in total. The minimum absolute atomic E-state index is 0.0315. The zero-order chi connectivity index (χ0) is 22.0. The zero-order valence-corrected chi connectivity index (χ0v) is 17.1. The third kappa shape index (κ3) is 3.68. The number of ether oxygens (including phenoxy) is 3. The van der Waals surface area contributed by atoms with Gasteiger partial charge in [-0.1, -0.05) is 0 Å². The molecule has 0 saturated heterocycles. The van der Waals surface area contributed by atoms with Gasteiger partial charge >= 0.3 is 17.7 Å². The molecule has 2 rings (SSSR count). The van der Waals surface area contributed by atoms with Crippen LogP contribution in [0, 0.1) is 10.1 Å². The summed E-state index contributed by atoms with van der Waals surface area (Å²) in [7, 11) is 1.49. The van der Waals surface area contributed by atoms with Crippen molar-refractivity contribution in [2.75, 3.05) is 26.9 Å². The summed E-state index contributed by atoms with van der Waals surface area (Å²) < 4.78 is 14.4. The van der Waals surface area contributed by atoms with E-state index in [2.05, 4.69) is 0 Å². The van der Waals surface area contributed by atoms with Gasteiger partial charge < -0.3 is 19.3 Å². The van der Waals surface area contributed by atoms with E-state index in [1.54, 1.807) is 27.7 Å². The lowest BCUT2D eigenvalue weighted by atomic mass is 9.99. The number of nitro groups is 1. The molecular weight excluding hydrogens is 384 g/mol. The van der Waals surface area contributed by atoms with Crippen molar-refractivity contribution in [3.8, 4) is 5.75 Å². The number of nitro benzene ring substituents is 1. The highest BCUT2D eigenvalue weighted by molar-refractivity contribution is 6.10. The topological polar surface area (TPSA) is 125 Å². The molecule has 0 spiro atoms. The molecule has 1 atom stereocenters. The van der Waals surface area contributed by atoms with Crippen molar-refractivity contribution >= 4 is 29.5 Å². The third-order valence-electron chi connectivity index (χ3n) is 4.61. The molecule has 0 radical (unpaired) electrons. The molecule has 1 aromatic rings. The Hall–Kier alpha value is -2.98. The summed E-state index contributed by atoms with van der Waals surface area (Å²) in [5.41, 5.74) is -1.70. The van der Waals surface area contributed by atoms with Gasteiger partial charge in [0.05, 0.1) is 29.8 Å². The molecule has 0 fully saturated rings. The third-order valence-corrected chi connectivity index (χ3v) is 4.61. The molecule has 1 aliphatic heterocycles. The Morgan fingerprint density at radius 1 is 1.24 bits per heavy atom. The minimum atomic E-state index is -1.42. The van der Waals surface area contributed by atoms with Crippen LogP contribution in [0.2, 0.25) is 0 Å². The number of carbonyl (C=O) groups is 2. The largest absolute Gasteiger partial charge is 0.524 e. The smallest absolute Gasteiger partial charge is 0.491 e. The van der Waals surface area contributed by atoms with Crippen LogP contribution in [0.4, 0.5) is 16.2 Å². The maximum absolute atomic E-state index is 12.7. The van der Waals surface area contributed by atoms with Crippen LogP contribution < -0.4 is 9.22 Å². The standard InChI is InChI=1S/C19H24N2O8/c1-6-28-17(22)15-10-12-9-13(29-8-7-27-5)11-14(20(25)26)16(12)21(15,18(23)24)19(2,3)4/h9-11H,6-8H2,1-5H3/p+1. The first-order chi connectivity index (χ1) is 13.5. The Labute approximate surface area is 168 Å². The molecule has 0 saturated carbocycles. The molecule has 158 valence electrons. The van der Waals surface area contributed by atoms with Crippen LogP contribution in [-0.2, 0) is 14.3 Å². The fourth-order valence-electron chi connectivity index (χ4n) is 3.50. The second kappa shape index (κ2) is 8.18. The van der Waals surface area contributed by atoms with Gasteiger partial charge in [-0.25, -0.2) is 4.79 Å². The Morgan fingerprint density at radius 3 is 2.38 bits per heavy atom. The quantitative estimate of drug-likeness (QED) is 0.239. The average molecular weight is 409 g/mol. The van der Waals surface area contributed by atoms with Gasteiger partial charge in [0.2, 0.25) is 11.4 Å². The number of amides is 1. The van der Waals surface area contributed by atoms with Crippen LogP contribution in [-0.4, -0.2) is 54.6 Å². The van der Waals surface area contributed by atoms with Gasteiger partial charge in [0.1, 0.15) is 17.9 Å². The second-order valence-corrected chi connectivity index (χ2v) is 7.35. The lowest BCUT2D eigenvalue weighted by Crippen LogP contribution is -2.64. The number of carbonyl (C=O) groups excluding carboxylic acids is 1. The number of quaternary nitrogens is 1. The molecule has 10 heteroatoms. The van der Waals surface area contributed by atoms with Crippen LogP contribution in [0.1, 0.15) is 33.3 Å². The normalized spacial score (nSPS) is 18.0. The molecular formula is C19H25N2O8+. The van der Waals surface area contributed by atoms with E-state index in [1.165, 1.54) is 19.3 Å². The summed E-state index contributed by atoms with van der Waals surface area (Å²) in [5.74, 6) is -0.677. The van der Waals surface area contributed by atoms with Crippen LogP contribution in [0.5, 0.6) is 5.75 Å².